The van der Waals surface area contributed by atoms with Crippen molar-refractivity contribution in [2.45, 2.75) is 0 Å². The van der Waals surface area contributed by atoms with E-state index in [0.29, 0.717) is 10.2 Å². The molecular formula is C13H7BrFN3O2. The Morgan fingerprint density at radius 3 is 2.65 bits per heavy atom. The van der Waals surface area contributed by atoms with E-state index in [-0.39, 0.29) is 16.9 Å². The van der Waals surface area contributed by atoms with Gasteiger partial charge < -0.3 is 5.32 Å². The summed E-state index contributed by atoms with van der Waals surface area (Å²) in [6, 6.07) is 10.1. The van der Waals surface area contributed by atoms with E-state index in [0.717, 1.165) is 0 Å². The molecule has 2 aromatic rings. The van der Waals surface area contributed by atoms with Crippen molar-refractivity contribution in [2.24, 2.45) is 0 Å². The predicted molar refractivity (Wildman–Crippen MR) is 75.2 cm³/mol. The van der Waals surface area contributed by atoms with E-state index < -0.39 is 10.7 Å². The molecule has 0 unspecified atom stereocenters. The van der Waals surface area contributed by atoms with Crippen LogP contribution in [0.25, 0.3) is 0 Å². The zero-order valence-electron chi connectivity index (χ0n) is 9.93. The topological polar surface area (TPSA) is 79.0 Å². The zero-order valence-corrected chi connectivity index (χ0v) is 11.5. The van der Waals surface area contributed by atoms with Crippen LogP contribution >= 0.6 is 15.9 Å². The fourth-order valence-corrected chi connectivity index (χ4v) is 1.94. The first-order chi connectivity index (χ1) is 9.51. The summed E-state index contributed by atoms with van der Waals surface area (Å²) in [6.45, 7) is 0. The van der Waals surface area contributed by atoms with Gasteiger partial charge >= 0.3 is 0 Å². The van der Waals surface area contributed by atoms with E-state index in [1.165, 1.54) is 30.3 Å². The van der Waals surface area contributed by atoms with Gasteiger partial charge in [-0.1, -0.05) is 15.9 Å². The summed E-state index contributed by atoms with van der Waals surface area (Å²) in [5.74, 6) is -0.476. The van der Waals surface area contributed by atoms with Gasteiger partial charge in [-0.25, -0.2) is 4.39 Å². The van der Waals surface area contributed by atoms with Crippen molar-refractivity contribution < 1.29 is 9.31 Å². The third-order valence-corrected chi connectivity index (χ3v) is 3.02. The molecule has 0 bridgehead atoms. The molecule has 100 valence electrons. The van der Waals surface area contributed by atoms with Gasteiger partial charge in [-0.05, 0) is 30.3 Å². The monoisotopic (exact) mass is 335 g/mol. The maximum atomic E-state index is 13.7. The van der Waals surface area contributed by atoms with Gasteiger partial charge in [0.1, 0.15) is 17.4 Å². The maximum absolute atomic E-state index is 13.7. The second kappa shape index (κ2) is 5.67. The van der Waals surface area contributed by atoms with Crippen LogP contribution in [0.15, 0.2) is 40.9 Å². The Kier molecular flexibility index (Phi) is 3.96. The van der Waals surface area contributed by atoms with E-state index in [1.807, 2.05) is 0 Å². The third-order valence-electron chi connectivity index (χ3n) is 2.52. The van der Waals surface area contributed by atoms with Crippen LogP contribution in [0.1, 0.15) is 5.56 Å². The van der Waals surface area contributed by atoms with Crippen molar-refractivity contribution >= 4 is 33.0 Å². The molecule has 2 aromatic carbocycles. The minimum absolute atomic E-state index is 0.0856. The molecule has 5 nitrogen and oxygen atoms in total. The third kappa shape index (κ3) is 2.92. The summed E-state index contributed by atoms with van der Waals surface area (Å²) < 4.78 is 14.3. The number of halogens is 2. The molecule has 0 saturated heterocycles. The predicted octanol–water partition coefficient (Wildman–Crippen LogP) is 4.11. The summed E-state index contributed by atoms with van der Waals surface area (Å²) in [6.07, 6.45) is 0. The molecule has 2 rings (SSSR count). The quantitative estimate of drug-likeness (QED) is 0.676. The Labute approximate surface area is 121 Å². The number of rotatable bonds is 3. The normalized spacial score (nSPS) is 9.85. The van der Waals surface area contributed by atoms with Gasteiger partial charge in [-0.3, -0.25) is 10.1 Å². The standard InChI is InChI=1S/C13H7BrFN3O2/c14-9-1-3-12(11(15)6-9)17-10-2-4-13(18(19)20)8(5-10)7-16/h1-6,17H. The molecule has 0 aliphatic heterocycles. The van der Waals surface area contributed by atoms with Crippen LogP contribution in [0.4, 0.5) is 21.5 Å². The van der Waals surface area contributed by atoms with Crippen LogP contribution < -0.4 is 5.32 Å². The number of anilines is 2. The van der Waals surface area contributed by atoms with E-state index in [2.05, 4.69) is 21.2 Å². The highest BCUT2D eigenvalue weighted by atomic mass is 79.9. The van der Waals surface area contributed by atoms with Crippen molar-refractivity contribution in [3.05, 3.63) is 62.4 Å². The maximum Gasteiger partial charge on any atom is 0.287 e. The number of hydrogen-bond acceptors (Lipinski definition) is 4. The van der Waals surface area contributed by atoms with Crippen molar-refractivity contribution in [2.75, 3.05) is 5.32 Å². The average Bonchev–Trinajstić information content (AvgIpc) is 2.41. The molecule has 0 heterocycles. The van der Waals surface area contributed by atoms with Crippen LogP contribution in [0.2, 0.25) is 0 Å². The van der Waals surface area contributed by atoms with Crippen molar-refractivity contribution in [3.8, 4) is 6.07 Å². The summed E-state index contributed by atoms with van der Waals surface area (Å²) in [4.78, 5) is 10.1. The fourth-order valence-electron chi connectivity index (χ4n) is 1.61. The lowest BCUT2D eigenvalue weighted by atomic mass is 10.1. The van der Waals surface area contributed by atoms with Crippen molar-refractivity contribution in [3.63, 3.8) is 0 Å². The molecule has 0 saturated carbocycles. The number of nitriles is 1. The van der Waals surface area contributed by atoms with E-state index in [4.69, 9.17) is 5.26 Å². The van der Waals surface area contributed by atoms with E-state index in [9.17, 15) is 14.5 Å². The number of nitrogens with one attached hydrogen (secondary N) is 1. The van der Waals surface area contributed by atoms with Crippen LogP contribution in [0.3, 0.4) is 0 Å². The van der Waals surface area contributed by atoms with Gasteiger partial charge in [-0.15, -0.1) is 0 Å². The molecule has 0 amide bonds. The van der Waals surface area contributed by atoms with Crippen molar-refractivity contribution in [1.82, 2.24) is 0 Å². The van der Waals surface area contributed by atoms with Gasteiger partial charge in [0.05, 0.1) is 10.6 Å². The molecule has 0 spiro atoms. The Balaban J connectivity index is 2.35. The summed E-state index contributed by atoms with van der Waals surface area (Å²) >= 11 is 3.14. The lowest BCUT2D eigenvalue weighted by molar-refractivity contribution is -0.385. The highest BCUT2D eigenvalue weighted by Crippen LogP contribution is 2.26. The van der Waals surface area contributed by atoms with Gasteiger partial charge in [-0.2, -0.15) is 5.26 Å². The van der Waals surface area contributed by atoms with Crippen LogP contribution in [0.5, 0.6) is 0 Å². The smallest absolute Gasteiger partial charge is 0.287 e. The number of nitrogens with zero attached hydrogens (tertiary/aromatic N) is 2. The summed E-state index contributed by atoms with van der Waals surface area (Å²) in [5.41, 5.74) is 0.242. The summed E-state index contributed by atoms with van der Waals surface area (Å²) in [7, 11) is 0. The highest BCUT2D eigenvalue weighted by molar-refractivity contribution is 9.10. The molecule has 0 radical (unpaired) electrons. The van der Waals surface area contributed by atoms with Gasteiger partial charge in [0.15, 0.2) is 0 Å². The number of nitro groups is 1. The fraction of sp³-hybridized carbons (Fsp3) is 0. The zero-order chi connectivity index (χ0) is 14.7. The number of nitro benzene ring substituents is 1. The van der Waals surface area contributed by atoms with E-state index in [1.54, 1.807) is 12.1 Å². The van der Waals surface area contributed by atoms with Gasteiger partial charge in [0, 0.05) is 16.2 Å². The van der Waals surface area contributed by atoms with Crippen LogP contribution in [-0.4, -0.2) is 4.92 Å². The highest BCUT2D eigenvalue weighted by Gasteiger charge is 2.14. The summed E-state index contributed by atoms with van der Waals surface area (Å²) in [5, 5.41) is 22.4. The molecule has 20 heavy (non-hydrogen) atoms. The van der Waals surface area contributed by atoms with E-state index >= 15 is 0 Å². The molecule has 0 atom stereocenters. The van der Waals surface area contributed by atoms with Crippen LogP contribution in [0, 0.1) is 27.3 Å². The Hall–Kier alpha value is -2.46. The lowest BCUT2D eigenvalue weighted by Gasteiger charge is -2.08. The second-order valence-electron chi connectivity index (χ2n) is 3.85. The van der Waals surface area contributed by atoms with Gasteiger partial charge in [0.25, 0.3) is 5.69 Å². The first-order valence-corrected chi connectivity index (χ1v) is 6.21. The molecule has 0 aliphatic rings. The molecule has 7 heteroatoms. The lowest BCUT2D eigenvalue weighted by Crippen LogP contribution is -1.97. The van der Waals surface area contributed by atoms with Crippen molar-refractivity contribution in [1.29, 1.82) is 5.26 Å². The molecule has 0 fully saturated rings. The number of hydrogen-bond donors (Lipinski definition) is 1. The Bertz CT molecular complexity index is 728. The van der Waals surface area contributed by atoms with Crippen LogP contribution in [-0.2, 0) is 0 Å². The molecule has 1 N–H and O–H groups in total. The van der Waals surface area contributed by atoms with Gasteiger partial charge in [0.2, 0.25) is 0 Å². The molecule has 0 aromatic heterocycles. The first kappa shape index (κ1) is 14.0. The largest absolute Gasteiger partial charge is 0.353 e. The first-order valence-electron chi connectivity index (χ1n) is 5.42. The second-order valence-corrected chi connectivity index (χ2v) is 4.77. The Morgan fingerprint density at radius 1 is 1.30 bits per heavy atom. The number of benzene rings is 2. The molecular weight excluding hydrogens is 329 g/mol. The SMILES string of the molecule is N#Cc1cc(Nc2ccc(Br)cc2F)ccc1[N+](=O)[O-]. The average molecular weight is 336 g/mol. The minimum Gasteiger partial charge on any atom is -0.353 e. The minimum atomic E-state index is -0.636. The molecule has 0 aliphatic carbocycles. The Morgan fingerprint density at radius 2 is 2.05 bits per heavy atom.